The zero-order valence-electron chi connectivity index (χ0n) is 15.3. The van der Waals surface area contributed by atoms with Crippen LogP contribution in [0.15, 0.2) is 30.3 Å². The molecular weight excluding hydrogens is 368 g/mol. The van der Waals surface area contributed by atoms with Crippen LogP contribution in [0.3, 0.4) is 0 Å². The molecule has 3 rings (SSSR count). The minimum absolute atomic E-state index is 0.0533. The second kappa shape index (κ2) is 9.12. The molecule has 0 spiro atoms. The minimum Gasteiger partial charge on any atom is -0.467 e. The van der Waals surface area contributed by atoms with E-state index in [1.54, 1.807) is 16.7 Å². The SMILES string of the molecule is COC(=O)[C@@H]1CCC[C@@H]2SCC[C@H](NC(=O)OCc3ccccc3)C(=O)N21. The van der Waals surface area contributed by atoms with Crippen molar-refractivity contribution in [3.05, 3.63) is 35.9 Å². The lowest BCUT2D eigenvalue weighted by atomic mass is 10.0. The fourth-order valence-electron chi connectivity index (χ4n) is 3.46. The quantitative estimate of drug-likeness (QED) is 0.792. The van der Waals surface area contributed by atoms with Gasteiger partial charge >= 0.3 is 12.1 Å². The highest BCUT2D eigenvalue weighted by Gasteiger charge is 2.43. The van der Waals surface area contributed by atoms with E-state index in [0.717, 1.165) is 24.2 Å². The summed E-state index contributed by atoms with van der Waals surface area (Å²) in [5, 5.41) is 2.62. The van der Waals surface area contributed by atoms with E-state index < -0.39 is 24.1 Å². The first-order valence-electron chi connectivity index (χ1n) is 9.09. The number of hydrogen-bond acceptors (Lipinski definition) is 6. The maximum atomic E-state index is 13.1. The molecule has 0 saturated carbocycles. The van der Waals surface area contributed by atoms with Gasteiger partial charge < -0.3 is 19.7 Å². The Hall–Kier alpha value is -2.22. The molecule has 0 aromatic heterocycles. The summed E-state index contributed by atoms with van der Waals surface area (Å²) >= 11 is 1.65. The molecule has 27 heavy (non-hydrogen) atoms. The molecule has 0 unspecified atom stereocenters. The third-order valence-corrected chi connectivity index (χ3v) is 6.14. The second-order valence-electron chi connectivity index (χ2n) is 6.59. The monoisotopic (exact) mass is 392 g/mol. The Morgan fingerprint density at radius 3 is 2.74 bits per heavy atom. The van der Waals surface area contributed by atoms with Crippen LogP contribution >= 0.6 is 11.8 Å². The number of piperidine rings is 1. The molecule has 2 heterocycles. The number of fused-ring (bicyclic) bond motifs is 1. The number of carbonyl (C=O) groups excluding carboxylic acids is 3. The van der Waals surface area contributed by atoms with Gasteiger partial charge in [0.25, 0.3) is 0 Å². The summed E-state index contributed by atoms with van der Waals surface area (Å²) in [6.45, 7) is 0.138. The lowest BCUT2D eigenvalue weighted by Crippen LogP contribution is -2.57. The molecule has 0 aliphatic carbocycles. The lowest BCUT2D eigenvalue weighted by molar-refractivity contribution is -0.156. The van der Waals surface area contributed by atoms with Crippen LogP contribution in [0.1, 0.15) is 31.2 Å². The number of benzene rings is 1. The van der Waals surface area contributed by atoms with Gasteiger partial charge in [-0.2, -0.15) is 0 Å². The fourth-order valence-corrected chi connectivity index (χ4v) is 4.85. The molecule has 0 bridgehead atoms. The van der Waals surface area contributed by atoms with E-state index in [-0.39, 0.29) is 17.9 Å². The number of nitrogens with zero attached hydrogens (tertiary/aromatic N) is 1. The number of carbonyl (C=O) groups is 3. The molecule has 2 amide bonds. The van der Waals surface area contributed by atoms with Crippen molar-refractivity contribution in [1.82, 2.24) is 10.2 Å². The normalized spacial score (nSPS) is 25.1. The smallest absolute Gasteiger partial charge is 0.408 e. The zero-order valence-corrected chi connectivity index (χ0v) is 16.1. The van der Waals surface area contributed by atoms with Crippen LogP contribution in [-0.4, -0.2) is 53.2 Å². The largest absolute Gasteiger partial charge is 0.467 e. The van der Waals surface area contributed by atoms with E-state index in [0.29, 0.717) is 12.8 Å². The van der Waals surface area contributed by atoms with Gasteiger partial charge in [0.15, 0.2) is 0 Å². The third kappa shape index (κ3) is 4.74. The molecule has 2 fully saturated rings. The van der Waals surface area contributed by atoms with Crippen LogP contribution in [0.2, 0.25) is 0 Å². The van der Waals surface area contributed by atoms with Gasteiger partial charge in [0.2, 0.25) is 5.91 Å². The third-order valence-electron chi connectivity index (χ3n) is 4.82. The maximum absolute atomic E-state index is 13.1. The summed E-state index contributed by atoms with van der Waals surface area (Å²) in [4.78, 5) is 39.0. The summed E-state index contributed by atoms with van der Waals surface area (Å²) in [5.74, 6) is 0.0856. The lowest BCUT2D eigenvalue weighted by Gasteiger charge is -2.40. The van der Waals surface area contributed by atoms with Gasteiger partial charge in [0.1, 0.15) is 18.7 Å². The first-order chi connectivity index (χ1) is 13.1. The summed E-state index contributed by atoms with van der Waals surface area (Å²) in [5.41, 5.74) is 0.872. The number of amides is 2. The highest BCUT2D eigenvalue weighted by molar-refractivity contribution is 7.99. The number of esters is 1. The highest BCUT2D eigenvalue weighted by atomic mass is 32.2. The van der Waals surface area contributed by atoms with Crippen molar-refractivity contribution in [2.75, 3.05) is 12.9 Å². The molecule has 3 atom stereocenters. The predicted octanol–water partition coefficient (Wildman–Crippen LogP) is 2.30. The van der Waals surface area contributed by atoms with Gasteiger partial charge in [-0.1, -0.05) is 30.3 Å². The number of hydrogen-bond donors (Lipinski definition) is 1. The minimum atomic E-state index is -0.698. The van der Waals surface area contributed by atoms with Gasteiger partial charge in [-0.15, -0.1) is 11.8 Å². The molecule has 2 saturated heterocycles. The maximum Gasteiger partial charge on any atom is 0.408 e. The predicted molar refractivity (Wildman–Crippen MR) is 101 cm³/mol. The van der Waals surface area contributed by atoms with Crippen LogP contribution in [0.5, 0.6) is 0 Å². The summed E-state index contributed by atoms with van der Waals surface area (Å²) < 4.78 is 10.1. The number of alkyl carbamates (subject to hydrolysis) is 1. The number of thioether (sulfide) groups is 1. The molecule has 1 aromatic carbocycles. The van der Waals surface area contributed by atoms with Gasteiger partial charge in [-0.25, -0.2) is 9.59 Å². The van der Waals surface area contributed by atoms with Crippen LogP contribution < -0.4 is 5.32 Å². The van der Waals surface area contributed by atoms with Crippen LogP contribution in [-0.2, 0) is 25.7 Å². The Morgan fingerprint density at radius 2 is 2.00 bits per heavy atom. The first-order valence-corrected chi connectivity index (χ1v) is 10.1. The summed E-state index contributed by atoms with van der Waals surface area (Å²) in [6.07, 6.45) is 2.17. The fraction of sp³-hybridized carbons (Fsp3) is 0.526. The molecule has 1 aromatic rings. The van der Waals surface area contributed by atoms with Gasteiger partial charge in [0.05, 0.1) is 12.5 Å². The molecule has 146 valence electrons. The average Bonchev–Trinajstić information content (AvgIpc) is 2.85. The topological polar surface area (TPSA) is 84.9 Å². The zero-order chi connectivity index (χ0) is 19.2. The van der Waals surface area contributed by atoms with Crippen LogP contribution in [0.25, 0.3) is 0 Å². The van der Waals surface area contributed by atoms with E-state index >= 15 is 0 Å². The van der Waals surface area contributed by atoms with E-state index in [1.165, 1.54) is 7.11 Å². The van der Waals surface area contributed by atoms with E-state index in [9.17, 15) is 14.4 Å². The van der Waals surface area contributed by atoms with Crippen LogP contribution in [0, 0.1) is 0 Å². The molecule has 1 N–H and O–H groups in total. The van der Waals surface area contributed by atoms with E-state index in [2.05, 4.69) is 5.32 Å². The molecule has 7 nitrogen and oxygen atoms in total. The highest BCUT2D eigenvalue weighted by Crippen LogP contribution is 2.34. The van der Waals surface area contributed by atoms with E-state index in [4.69, 9.17) is 9.47 Å². The van der Waals surface area contributed by atoms with Crippen molar-refractivity contribution >= 4 is 29.7 Å². The Bertz CT molecular complexity index is 684. The van der Waals surface area contributed by atoms with Gasteiger partial charge in [-0.05, 0) is 37.0 Å². The van der Waals surface area contributed by atoms with Crippen molar-refractivity contribution in [3.63, 3.8) is 0 Å². The summed E-state index contributed by atoms with van der Waals surface area (Å²) in [6, 6.07) is 8.06. The molecule has 2 aliphatic heterocycles. The van der Waals surface area contributed by atoms with Crippen LogP contribution in [0.4, 0.5) is 4.79 Å². The first kappa shape index (κ1) is 19.5. The Morgan fingerprint density at radius 1 is 1.22 bits per heavy atom. The molecule has 2 aliphatic rings. The van der Waals surface area contributed by atoms with Crippen molar-refractivity contribution in [3.8, 4) is 0 Å². The molecule has 0 radical (unpaired) electrons. The standard InChI is InChI=1S/C19H24N2O5S/c1-25-18(23)15-8-5-9-16-21(15)17(22)14(10-11-27-16)20-19(24)26-12-13-6-3-2-4-7-13/h2-4,6-7,14-16H,5,8-12H2,1H3,(H,20,24)/t14-,15-,16-/m0/s1. The van der Waals surface area contributed by atoms with E-state index in [1.807, 2.05) is 30.3 Å². The van der Waals surface area contributed by atoms with Gasteiger partial charge in [-0.3, -0.25) is 4.79 Å². The molecular formula is C19H24N2O5S. The van der Waals surface area contributed by atoms with Crippen molar-refractivity contribution in [2.45, 2.75) is 49.7 Å². The van der Waals surface area contributed by atoms with Crippen molar-refractivity contribution < 1.29 is 23.9 Å². The second-order valence-corrected chi connectivity index (χ2v) is 7.87. The Balaban J connectivity index is 1.64. The number of rotatable bonds is 4. The number of ether oxygens (including phenoxy) is 2. The van der Waals surface area contributed by atoms with Crippen molar-refractivity contribution in [2.24, 2.45) is 0 Å². The Kier molecular flexibility index (Phi) is 6.60. The number of nitrogens with one attached hydrogen (secondary N) is 1. The summed E-state index contributed by atoms with van der Waals surface area (Å²) in [7, 11) is 1.33. The molecule has 8 heteroatoms. The van der Waals surface area contributed by atoms with Gasteiger partial charge in [0, 0.05) is 0 Å². The Labute approximate surface area is 162 Å². The van der Waals surface area contributed by atoms with Crippen molar-refractivity contribution in [1.29, 1.82) is 0 Å². The average molecular weight is 392 g/mol. The number of methoxy groups -OCH3 is 1.